The highest BCUT2D eigenvalue weighted by Gasteiger charge is 2.05. The van der Waals surface area contributed by atoms with Crippen LogP contribution in [0.3, 0.4) is 0 Å². The van der Waals surface area contributed by atoms with Crippen LogP contribution in [-0.4, -0.2) is 12.6 Å². The van der Waals surface area contributed by atoms with E-state index in [0.717, 1.165) is 25.9 Å². The summed E-state index contributed by atoms with van der Waals surface area (Å²) in [6.07, 6.45) is 2.24. The lowest BCUT2D eigenvalue weighted by Crippen LogP contribution is -2.64. The zero-order chi connectivity index (χ0) is 13.3. The van der Waals surface area contributed by atoms with E-state index >= 15 is 0 Å². The Hall–Kier alpha value is -1.64. The van der Waals surface area contributed by atoms with E-state index in [1.807, 2.05) is 6.07 Å². The van der Waals surface area contributed by atoms with Crippen molar-refractivity contribution in [1.29, 1.82) is 0 Å². The molecule has 100 valence electrons. The lowest BCUT2D eigenvalue weighted by Gasteiger charge is -2.10. The van der Waals surface area contributed by atoms with E-state index in [0.29, 0.717) is 6.04 Å². The molecule has 2 aromatic rings. The van der Waals surface area contributed by atoms with Gasteiger partial charge in [-0.1, -0.05) is 60.7 Å². The molecule has 19 heavy (non-hydrogen) atoms. The number of nitrogens with one attached hydrogen (secondary N) is 1. The normalized spacial score (nSPS) is 12.3. The van der Waals surface area contributed by atoms with Crippen molar-refractivity contribution in [1.82, 2.24) is 5.32 Å². The summed E-state index contributed by atoms with van der Waals surface area (Å²) in [5.41, 5.74) is 6.96. The topological polar surface area (TPSA) is 39.7 Å². The van der Waals surface area contributed by atoms with E-state index in [2.05, 4.69) is 65.6 Å². The van der Waals surface area contributed by atoms with Crippen molar-refractivity contribution in [2.24, 2.45) is 0 Å². The fraction of sp³-hybridized carbons (Fsp3) is 0.294. The Bertz CT molecular complexity index is 453. The molecule has 0 aliphatic heterocycles. The molecule has 0 aromatic heterocycles. The molecule has 0 aliphatic carbocycles. The van der Waals surface area contributed by atoms with Gasteiger partial charge in [0.25, 0.3) is 0 Å². The number of aryl methyl sites for hydroxylation is 1. The molecule has 4 N–H and O–H groups in total. The van der Waals surface area contributed by atoms with E-state index < -0.39 is 0 Å². The van der Waals surface area contributed by atoms with Crippen LogP contribution in [0.5, 0.6) is 0 Å². The molecule has 2 aromatic carbocycles. The molecule has 2 rings (SSSR count). The maximum atomic E-state index is 4.22. The highest BCUT2D eigenvalue weighted by molar-refractivity contribution is 5.15. The minimum absolute atomic E-state index is 0.462. The Morgan fingerprint density at radius 3 is 2.05 bits per heavy atom. The van der Waals surface area contributed by atoms with Crippen LogP contribution in [0.15, 0.2) is 60.7 Å². The van der Waals surface area contributed by atoms with Crippen LogP contribution < -0.4 is 11.1 Å². The van der Waals surface area contributed by atoms with Crippen LogP contribution in [-0.2, 0) is 13.0 Å². The lowest BCUT2D eigenvalue weighted by atomic mass is 10.1. The quantitative estimate of drug-likeness (QED) is 0.780. The van der Waals surface area contributed by atoms with E-state index in [-0.39, 0.29) is 0 Å². The summed E-state index contributed by atoms with van der Waals surface area (Å²) in [7, 11) is 0. The second-order valence-corrected chi connectivity index (χ2v) is 5.01. The van der Waals surface area contributed by atoms with E-state index in [4.69, 9.17) is 0 Å². The van der Waals surface area contributed by atoms with Gasteiger partial charge in [-0.25, -0.2) is 0 Å². The van der Waals surface area contributed by atoms with E-state index in [1.165, 1.54) is 11.1 Å². The summed E-state index contributed by atoms with van der Waals surface area (Å²) in [6.45, 7) is 1.90. The molecule has 0 fully saturated rings. The molecular weight excluding hydrogens is 232 g/mol. The number of hydrogen-bond donors (Lipinski definition) is 2. The molecule has 1 atom stereocenters. The molecule has 0 amide bonds. The molecular formula is C17H23N2+. The third-order valence-electron chi connectivity index (χ3n) is 3.29. The van der Waals surface area contributed by atoms with Gasteiger partial charge in [0, 0.05) is 19.5 Å². The highest BCUT2D eigenvalue weighted by Crippen LogP contribution is 2.03. The largest absolute Gasteiger partial charge is 0.354 e. The average molecular weight is 255 g/mol. The van der Waals surface area contributed by atoms with Crippen molar-refractivity contribution in [2.45, 2.75) is 25.4 Å². The summed E-state index contributed by atoms with van der Waals surface area (Å²) < 4.78 is 0. The van der Waals surface area contributed by atoms with Gasteiger partial charge in [-0.3, -0.25) is 0 Å². The van der Waals surface area contributed by atoms with Crippen LogP contribution in [0.1, 0.15) is 17.5 Å². The third-order valence-corrected chi connectivity index (χ3v) is 3.29. The fourth-order valence-corrected chi connectivity index (χ4v) is 2.13. The number of rotatable bonds is 7. The average Bonchev–Trinajstić information content (AvgIpc) is 2.47. The molecule has 0 spiro atoms. The Kier molecular flexibility index (Phi) is 5.60. The lowest BCUT2D eigenvalue weighted by molar-refractivity contribution is -0.418. The van der Waals surface area contributed by atoms with Gasteiger partial charge in [-0.05, 0) is 17.5 Å². The van der Waals surface area contributed by atoms with Crippen LogP contribution in [0, 0.1) is 0 Å². The first kappa shape index (κ1) is 13.8. The maximum absolute atomic E-state index is 4.22. The summed E-state index contributed by atoms with van der Waals surface area (Å²) in [5, 5.41) is 3.48. The van der Waals surface area contributed by atoms with Crippen LogP contribution >= 0.6 is 0 Å². The predicted octanol–water partition coefficient (Wildman–Crippen LogP) is 2.02. The summed E-state index contributed by atoms with van der Waals surface area (Å²) in [6, 6.07) is 21.6. The van der Waals surface area contributed by atoms with Crippen LogP contribution in [0.25, 0.3) is 0 Å². The molecule has 0 bridgehead atoms. The van der Waals surface area contributed by atoms with E-state index in [9.17, 15) is 0 Å². The predicted molar refractivity (Wildman–Crippen MR) is 79.6 cm³/mol. The number of quaternary nitrogens is 1. The molecule has 1 unspecified atom stereocenters. The van der Waals surface area contributed by atoms with Gasteiger partial charge >= 0.3 is 0 Å². The van der Waals surface area contributed by atoms with E-state index in [1.54, 1.807) is 0 Å². The monoisotopic (exact) mass is 255 g/mol. The van der Waals surface area contributed by atoms with Crippen molar-refractivity contribution in [2.75, 3.05) is 6.54 Å². The zero-order valence-electron chi connectivity index (χ0n) is 11.4. The zero-order valence-corrected chi connectivity index (χ0v) is 11.4. The molecule has 0 aliphatic rings. The molecule has 0 saturated heterocycles. The van der Waals surface area contributed by atoms with Crippen molar-refractivity contribution < 1.29 is 5.73 Å². The molecule has 0 radical (unpaired) electrons. The Balaban J connectivity index is 1.64. The maximum Gasteiger partial charge on any atom is 0.0973 e. The molecule has 2 heteroatoms. The first-order valence-corrected chi connectivity index (χ1v) is 6.96. The van der Waals surface area contributed by atoms with Crippen molar-refractivity contribution in [3.63, 3.8) is 0 Å². The second kappa shape index (κ2) is 7.72. The summed E-state index contributed by atoms with van der Waals surface area (Å²) >= 11 is 0. The summed E-state index contributed by atoms with van der Waals surface area (Å²) in [4.78, 5) is 0. The summed E-state index contributed by atoms with van der Waals surface area (Å²) in [5.74, 6) is 0. The van der Waals surface area contributed by atoms with Gasteiger partial charge in [0.1, 0.15) is 0 Å². The van der Waals surface area contributed by atoms with Crippen LogP contribution in [0.4, 0.5) is 0 Å². The molecule has 2 nitrogen and oxygen atoms in total. The van der Waals surface area contributed by atoms with Gasteiger partial charge < -0.3 is 11.1 Å². The van der Waals surface area contributed by atoms with Crippen molar-refractivity contribution >= 4 is 0 Å². The van der Waals surface area contributed by atoms with Gasteiger partial charge in [-0.2, -0.15) is 0 Å². The fourth-order valence-electron chi connectivity index (χ4n) is 2.13. The smallest absolute Gasteiger partial charge is 0.0973 e. The Morgan fingerprint density at radius 1 is 0.842 bits per heavy atom. The first-order chi connectivity index (χ1) is 9.34. The standard InChI is InChI=1S/C17H22N2/c18-17(12-11-15-7-3-1-4-8-15)14-19-13-16-9-5-2-6-10-16/h1-10,17,19H,11-14,18H2/p+1. The second-order valence-electron chi connectivity index (χ2n) is 5.01. The number of benzene rings is 2. The SMILES string of the molecule is [NH3+]C(CCc1ccccc1)CNCc1ccccc1. The number of hydrogen-bond acceptors (Lipinski definition) is 1. The third kappa shape index (κ3) is 5.25. The highest BCUT2D eigenvalue weighted by atomic mass is 14.9. The van der Waals surface area contributed by atoms with Gasteiger partial charge in [-0.15, -0.1) is 0 Å². The minimum Gasteiger partial charge on any atom is -0.354 e. The van der Waals surface area contributed by atoms with Crippen LogP contribution in [0.2, 0.25) is 0 Å². The van der Waals surface area contributed by atoms with Gasteiger partial charge in [0.15, 0.2) is 0 Å². The molecule has 0 saturated carbocycles. The van der Waals surface area contributed by atoms with Gasteiger partial charge in [0.05, 0.1) is 6.04 Å². The first-order valence-electron chi connectivity index (χ1n) is 6.96. The Labute approximate surface area is 115 Å². The van der Waals surface area contributed by atoms with Crippen molar-refractivity contribution in [3.05, 3.63) is 71.8 Å². The van der Waals surface area contributed by atoms with Gasteiger partial charge in [0.2, 0.25) is 0 Å². The Morgan fingerprint density at radius 2 is 1.42 bits per heavy atom. The molecule has 0 heterocycles. The van der Waals surface area contributed by atoms with Crippen molar-refractivity contribution in [3.8, 4) is 0 Å². The minimum atomic E-state index is 0.462.